The van der Waals surface area contributed by atoms with Crippen LogP contribution in [0.1, 0.15) is 24.2 Å². The van der Waals surface area contributed by atoms with E-state index in [0.717, 1.165) is 5.69 Å². The number of hydrogen-bond acceptors (Lipinski definition) is 4. The molecule has 0 unspecified atom stereocenters. The molecule has 0 heterocycles. The van der Waals surface area contributed by atoms with Gasteiger partial charge in [-0.15, -0.1) is 0 Å². The van der Waals surface area contributed by atoms with E-state index in [2.05, 4.69) is 5.32 Å². The predicted octanol–water partition coefficient (Wildman–Crippen LogP) is 1.66. The van der Waals surface area contributed by atoms with Gasteiger partial charge in [-0.25, -0.2) is 4.79 Å². The molecule has 0 amide bonds. The van der Waals surface area contributed by atoms with Crippen LogP contribution >= 0.6 is 0 Å². The number of ether oxygens (including phenoxy) is 1. The molecular weight excluding hydrogens is 206 g/mol. The Morgan fingerprint density at radius 2 is 2.00 bits per heavy atom. The minimum atomic E-state index is -0.316. The monoisotopic (exact) mass is 223 g/mol. The Balaban J connectivity index is 2.60. The summed E-state index contributed by atoms with van der Waals surface area (Å²) in [5.41, 5.74) is 1.40. The molecule has 1 aromatic carbocycles. The molecule has 0 saturated carbocycles. The summed E-state index contributed by atoms with van der Waals surface area (Å²) in [6.45, 7) is 4.21. The molecule has 0 bridgehead atoms. The van der Waals surface area contributed by atoms with Gasteiger partial charge in [0.25, 0.3) is 0 Å². The van der Waals surface area contributed by atoms with Crippen molar-refractivity contribution < 1.29 is 14.6 Å². The SMILES string of the molecule is CC(C)OC(=O)c1ccc(NCCO)cc1. The number of aliphatic hydroxyl groups excluding tert-OH is 1. The van der Waals surface area contributed by atoms with Crippen LogP contribution in [0.15, 0.2) is 24.3 Å². The molecule has 0 aliphatic rings. The zero-order valence-electron chi connectivity index (χ0n) is 9.56. The first-order valence-corrected chi connectivity index (χ1v) is 5.29. The second-order valence-electron chi connectivity index (χ2n) is 3.68. The number of anilines is 1. The van der Waals surface area contributed by atoms with Crippen LogP contribution in [0, 0.1) is 0 Å². The van der Waals surface area contributed by atoms with Crippen molar-refractivity contribution in [1.29, 1.82) is 0 Å². The topological polar surface area (TPSA) is 58.6 Å². The normalized spacial score (nSPS) is 10.2. The van der Waals surface area contributed by atoms with Crippen LogP contribution in [0.4, 0.5) is 5.69 Å². The first kappa shape index (κ1) is 12.5. The van der Waals surface area contributed by atoms with Gasteiger partial charge in [0.05, 0.1) is 18.3 Å². The summed E-state index contributed by atoms with van der Waals surface area (Å²) in [5, 5.41) is 11.6. The van der Waals surface area contributed by atoms with Crippen LogP contribution in [0.25, 0.3) is 0 Å². The Kier molecular flexibility index (Phi) is 4.79. The Morgan fingerprint density at radius 1 is 1.38 bits per heavy atom. The fourth-order valence-corrected chi connectivity index (χ4v) is 1.21. The van der Waals surface area contributed by atoms with E-state index in [4.69, 9.17) is 9.84 Å². The zero-order chi connectivity index (χ0) is 12.0. The van der Waals surface area contributed by atoms with Gasteiger partial charge in [-0.1, -0.05) is 0 Å². The lowest BCUT2D eigenvalue weighted by molar-refractivity contribution is 0.0378. The predicted molar refractivity (Wildman–Crippen MR) is 62.6 cm³/mol. The third-order valence-electron chi connectivity index (χ3n) is 1.90. The molecule has 0 radical (unpaired) electrons. The number of aliphatic hydroxyl groups is 1. The molecule has 88 valence electrons. The molecule has 4 nitrogen and oxygen atoms in total. The van der Waals surface area contributed by atoms with E-state index in [1.165, 1.54) is 0 Å². The maximum absolute atomic E-state index is 11.5. The first-order chi connectivity index (χ1) is 7.63. The Labute approximate surface area is 95.2 Å². The van der Waals surface area contributed by atoms with Crippen LogP contribution in [0.3, 0.4) is 0 Å². The molecule has 0 aromatic heterocycles. The highest BCUT2D eigenvalue weighted by Gasteiger charge is 2.08. The molecule has 0 fully saturated rings. The van der Waals surface area contributed by atoms with E-state index in [9.17, 15) is 4.79 Å². The zero-order valence-corrected chi connectivity index (χ0v) is 9.56. The number of esters is 1. The molecule has 0 aliphatic heterocycles. The third-order valence-corrected chi connectivity index (χ3v) is 1.90. The highest BCUT2D eigenvalue weighted by molar-refractivity contribution is 5.89. The Bertz CT molecular complexity index is 333. The molecule has 16 heavy (non-hydrogen) atoms. The third kappa shape index (κ3) is 3.90. The van der Waals surface area contributed by atoms with Gasteiger partial charge in [-0.05, 0) is 38.1 Å². The lowest BCUT2D eigenvalue weighted by Crippen LogP contribution is -2.11. The molecule has 1 aromatic rings. The van der Waals surface area contributed by atoms with E-state index >= 15 is 0 Å². The van der Waals surface area contributed by atoms with Crippen molar-refractivity contribution in [3.63, 3.8) is 0 Å². The van der Waals surface area contributed by atoms with Gasteiger partial charge >= 0.3 is 5.97 Å². The molecule has 0 aliphatic carbocycles. The quantitative estimate of drug-likeness (QED) is 0.745. The van der Waals surface area contributed by atoms with Gasteiger partial charge in [-0.2, -0.15) is 0 Å². The lowest BCUT2D eigenvalue weighted by atomic mass is 10.2. The van der Waals surface area contributed by atoms with Crippen molar-refractivity contribution in [3.8, 4) is 0 Å². The number of carbonyl (C=O) groups excluding carboxylic acids is 1. The van der Waals surface area contributed by atoms with Crippen LogP contribution in [0.2, 0.25) is 0 Å². The van der Waals surface area contributed by atoms with Crippen molar-refractivity contribution in [1.82, 2.24) is 0 Å². The fourth-order valence-electron chi connectivity index (χ4n) is 1.21. The van der Waals surface area contributed by atoms with Crippen LogP contribution < -0.4 is 5.32 Å². The average Bonchev–Trinajstić information content (AvgIpc) is 2.26. The van der Waals surface area contributed by atoms with E-state index in [0.29, 0.717) is 12.1 Å². The van der Waals surface area contributed by atoms with Gasteiger partial charge in [0, 0.05) is 12.2 Å². The van der Waals surface area contributed by atoms with Crippen LogP contribution in [-0.4, -0.2) is 30.3 Å². The molecule has 1 rings (SSSR count). The molecule has 0 atom stereocenters. The van der Waals surface area contributed by atoms with Gasteiger partial charge in [0.2, 0.25) is 0 Å². The van der Waals surface area contributed by atoms with Crippen molar-refractivity contribution in [2.75, 3.05) is 18.5 Å². The number of nitrogens with one attached hydrogen (secondary N) is 1. The standard InChI is InChI=1S/C12H17NO3/c1-9(2)16-12(15)10-3-5-11(6-4-10)13-7-8-14/h3-6,9,13-14H,7-8H2,1-2H3. The van der Waals surface area contributed by atoms with Crippen molar-refractivity contribution >= 4 is 11.7 Å². The van der Waals surface area contributed by atoms with Crippen molar-refractivity contribution in [2.24, 2.45) is 0 Å². The van der Waals surface area contributed by atoms with E-state index < -0.39 is 0 Å². The number of carbonyl (C=O) groups is 1. The summed E-state index contributed by atoms with van der Waals surface area (Å²) < 4.78 is 5.06. The second-order valence-corrected chi connectivity index (χ2v) is 3.68. The minimum Gasteiger partial charge on any atom is -0.459 e. The van der Waals surface area contributed by atoms with E-state index in [1.807, 2.05) is 13.8 Å². The van der Waals surface area contributed by atoms with Crippen LogP contribution in [-0.2, 0) is 4.74 Å². The molecule has 2 N–H and O–H groups in total. The molecule has 0 saturated heterocycles. The largest absolute Gasteiger partial charge is 0.459 e. The number of benzene rings is 1. The summed E-state index contributed by atoms with van der Waals surface area (Å²) in [7, 11) is 0. The second kappa shape index (κ2) is 6.12. The van der Waals surface area contributed by atoms with Gasteiger partial charge in [0.15, 0.2) is 0 Å². The van der Waals surface area contributed by atoms with Gasteiger partial charge in [0.1, 0.15) is 0 Å². The van der Waals surface area contributed by atoms with Crippen molar-refractivity contribution in [2.45, 2.75) is 20.0 Å². The average molecular weight is 223 g/mol. The molecule has 0 spiro atoms. The molecular formula is C12H17NO3. The Morgan fingerprint density at radius 3 is 2.50 bits per heavy atom. The van der Waals surface area contributed by atoms with Crippen LogP contribution in [0.5, 0.6) is 0 Å². The first-order valence-electron chi connectivity index (χ1n) is 5.29. The number of hydrogen-bond donors (Lipinski definition) is 2. The number of rotatable bonds is 5. The summed E-state index contributed by atoms with van der Waals surface area (Å²) >= 11 is 0. The maximum Gasteiger partial charge on any atom is 0.338 e. The summed E-state index contributed by atoms with van der Waals surface area (Å²) in [5.74, 6) is -0.316. The van der Waals surface area contributed by atoms with Gasteiger partial charge < -0.3 is 15.2 Å². The summed E-state index contributed by atoms with van der Waals surface area (Å²) in [4.78, 5) is 11.5. The highest BCUT2D eigenvalue weighted by atomic mass is 16.5. The summed E-state index contributed by atoms with van der Waals surface area (Å²) in [6, 6.07) is 6.97. The summed E-state index contributed by atoms with van der Waals surface area (Å²) in [6.07, 6.45) is -0.111. The minimum absolute atomic E-state index is 0.0805. The fraction of sp³-hybridized carbons (Fsp3) is 0.417. The van der Waals surface area contributed by atoms with Crippen molar-refractivity contribution in [3.05, 3.63) is 29.8 Å². The van der Waals surface area contributed by atoms with Gasteiger partial charge in [-0.3, -0.25) is 0 Å². The maximum atomic E-state index is 11.5. The smallest absolute Gasteiger partial charge is 0.338 e. The van der Waals surface area contributed by atoms with E-state index in [1.54, 1.807) is 24.3 Å². The highest BCUT2D eigenvalue weighted by Crippen LogP contribution is 2.10. The van der Waals surface area contributed by atoms with E-state index in [-0.39, 0.29) is 18.7 Å². The molecule has 4 heteroatoms. The Hall–Kier alpha value is -1.55. The lowest BCUT2D eigenvalue weighted by Gasteiger charge is -2.08.